The minimum atomic E-state index is -0.498. The molecular formula is C33H31N3O3S. The molecule has 1 aliphatic heterocycles. The summed E-state index contributed by atoms with van der Waals surface area (Å²) in [5.41, 5.74) is 4.71. The van der Waals surface area contributed by atoms with E-state index in [4.69, 9.17) is 9.72 Å². The zero-order valence-corrected chi connectivity index (χ0v) is 23.4. The molecule has 0 bridgehead atoms. The van der Waals surface area contributed by atoms with Gasteiger partial charge >= 0.3 is 0 Å². The van der Waals surface area contributed by atoms with Crippen molar-refractivity contribution < 1.29 is 9.53 Å². The summed E-state index contributed by atoms with van der Waals surface area (Å²) in [6, 6.07) is 27.8. The molecule has 2 N–H and O–H groups in total. The average molecular weight is 550 g/mol. The van der Waals surface area contributed by atoms with E-state index in [1.807, 2.05) is 72.8 Å². The predicted octanol–water partition coefficient (Wildman–Crippen LogP) is 6.84. The maximum absolute atomic E-state index is 13.6. The van der Waals surface area contributed by atoms with E-state index < -0.39 is 5.92 Å². The van der Waals surface area contributed by atoms with Crippen molar-refractivity contribution in [2.75, 3.05) is 5.32 Å². The SMILES string of the molecule is CC1(C)CC(=O)C2=C(C1)Nc1nc(SCc3ccccc3)[nH]c(=O)c1[C@H]2c1ccc(OCc2ccccc2)cc1. The van der Waals surface area contributed by atoms with Gasteiger partial charge in [0.2, 0.25) is 0 Å². The molecule has 2 heterocycles. The summed E-state index contributed by atoms with van der Waals surface area (Å²) in [5, 5.41) is 3.95. The van der Waals surface area contributed by atoms with Gasteiger partial charge < -0.3 is 15.0 Å². The molecule has 1 aliphatic carbocycles. The molecule has 0 saturated carbocycles. The zero-order chi connectivity index (χ0) is 27.7. The van der Waals surface area contributed by atoms with Crippen LogP contribution in [0.25, 0.3) is 0 Å². The number of aromatic amines is 1. The van der Waals surface area contributed by atoms with Crippen molar-refractivity contribution in [2.45, 2.75) is 50.1 Å². The number of ketones is 1. The topological polar surface area (TPSA) is 84.1 Å². The van der Waals surface area contributed by atoms with Crippen molar-refractivity contribution in [3.8, 4) is 5.75 Å². The first-order valence-electron chi connectivity index (χ1n) is 13.5. The second kappa shape index (κ2) is 10.8. The van der Waals surface area contributed by atoms with Crippen molar-refractivity contribution in [1.29, 1.82) is 0 Å². The van der Waals surface area contributed by atoms with Crippen LogP contribution >= 0.6 is 11.8 Å². The van der Waals surface area contributed by atoms with Crippen LogP contribution in [0.3, 0.4) is 0 Å². The number of thioether (sulfide) groups is 1. The summed E-state index contributed by atoms with van der Waals surface area (Å²) in [7, 11) is 0. The molecule has 1 aromatic heterocycles. The maximum atomic E-state index is 13.6. The maximum Gasteiger partial charge on any atom is 0.257 e. The molecule has 0 saturated heterocycles. The Morgan fingerprint density at radius 2 is 1.57 bits per heavy atom. The first kappa shape index (κ1) is 26.1. The highest BCUT2D eigenvalue weighted by molar-refractivity contribution is 7.98. The Balaban J connectivity index is 1.34. The number of carbonyl (C=O) groups is 1. The molecule has 4 aromatic rings. The number of hydrogen-bond donors (Lipinski definition) is 2. The van der Waals surface area contributed by atoms with Gasteiger partial charge in [-0.3, -0.25) is 9.59 Å². The number of ether oxygens (including phenoxy) is 1. The Morgan fingerprint density at radius 1 is 0.900 bits per heavy atom. The van der Waals surface area contributed by atoms with Crippen LogP contribution in [0.1, 0.15) is 54.9 Å². The summed E-state index contributed by atoms with van der Waals surface area (Å²) in [6.45, 7) is 4.67. The summed E-state index contributed by atoms with van der Waals surface area (Å²) in [6.07, 6.45) is 1.15. The zero-order valence-electron chi connectivity index (χ0n) is 22.6. The Labute approximate surface area is 237 Å². The first-order chi connectivity index (χ1) is 19.4. The van der Waals surface area contributed by atoms with Crippen molar-refractivity contribution >= 4 is 23.4 Å². The lowest BCUT2D eigenvalue weighted by atomic mass is 9.69. The van der Waals surface area contributed by atoms with Crippen molar-refractivity contribution in [3.63, 3.8) is 0 Å². The first-order valence-corrected chi connectivity index (χ1v) is 14.5. The molecular weight excluding hydrogens is 518 g/mol. The number of H-pyrrole nitrogens is 1. The highest BCUT2D eigenvalue weighted by Gasteiger charge is 2.42. The molecule has 1 atom stereocenters. The van der Waals surface area contributed by atoms with Gasteiger partial charge in [-0.15, -0.1) is 0 Å². The fourth-order valence-electron chi connectivity index (χ4n) is 5.52. The van der Waals surface area contributed by atoms with E-state index >= 15 is 0 Å². The molecule has 7 heteroatoms. The van der Waals surface area contributed by atoms with E-state index in [1.54, 1.807) is 0 Å². The molecule has 2 aliphatic rings. The molecule has 0 unspecified atom stereocenters. The lowest BCUT2D eigenvalue weighted by molar-refractivity contribution is -0.118. The van der Waals surface area contributed by atoms with Crippen LogP contribution in [0, 0.1) is 5.41 Å². The molecule has 40 heavy (non-hydrogen) atoms. The normalized spacial score (nSPS) is 17.6. The molecule has 0 fully saturated rings. The predicted molar refractivity (Wildman–Crippen MR) is 159 cm³/mol. The number of allylic oxidation sites excluding steroid dienone is 2. The van der Waals surface area contributed by atoms with Crippen LogP contribution in [0.15, 0.2) is 106 Å². The smallest absolute Gasteiger partial charge is 0.257 e. The number of nitrogens with zero attached hydrogens (tertiary/aromatic N) is 1. The van der Waals surface area contributed by atoms with Gasteiger partial charge in [-0.05, 0) is 40.7 Å². The van der Waals surface area contributed by atoms with Gasteiger partial charge in [0.15, 0.2) is 10.9 Å². The summed E-state index contributed by atoms with van der Waals surface area (Å²) >= 11 is 1.49. The van der Waals surface area contributed by atoms with E-state index in [0.717, 1.165) is 28.1 Å². The number of rotatable bonds is 7. The standard InChI is InChI=1S/C33H31N3O3S/c1-33(2)17-25-28(26(37)18-33)27(23-13-15-24(16-14-23)39-19-21-9-5-3-6-10-21)29-30(34-25)35-32(36-31(29)38)40-20-22-11-7-4-8-12-22/h3-16,27H,17-20H2,1-2H3,(H2,34,35,36,38)/t27-/m0/s1. The van der Waals surface area contributed by atoms with Gasteiger partial charge in [-0.25, -0.2) is 4.98 Å². The molecule has 6 nitrogen and oxygen atoms in total. The van der Waals surface area contributed by atoms with E-state index in [1.165, 1.54) is 11.8 Å². The van der Waals surface area contributed by atoms with E-state index in [2.05, 4.69) is 36.3 Å². The number of hydrogen-bond acceptors (Lipinski definition) is 6. The van der Waals surface area contributed by atoms with Crippen LogP contribution in [0.5, 0.6) is 5.75 Å². The van der Waals surface area contributed by atoms with Crippen LogP contribution < -0.4 is 15.6 Å². The third kappa shape index (κ3) is 5.47. The summed E-state index contributed by atoms with van der Waals surface area (Å²) in [4.78, 5) is 35.0. The monoisotopic (exact) mass is 549 g/mol. The van der Waals surface area contributed by atoms with Crippen molar-refractivity contribution in [3.05, 3.63) is 129 Å². The number of anilines is 1. The molecule has 0 amide bonds. The van der Waals surface area contributed by atoms with Crippen LogP contribution in [-0.2, 0) is 17.2 Å². The van der Waals surface area contributed by atoms with Gasteiger partial charge in [0.25, 0.3) is 5.56 Å². The number of benzene rings is 3. The van der Waals surface area contributed by atoms with Gasteiger partial charge in [0, 0.05) is 29.4 Å². The minimum absolute atomic E-state index is 0.0701. The van der Waals surface area contributed by atoms with Crippen molar-refractivity contribution in [1.82, 2.24) is 9.97 Å². The molecule has 3 aromatic carbocycles. The van der Waals surface area contributed by atoms with Gasteiger partial charge in [0.1, 0.15) is 18.2 Å². The van der Waals surface area contributed by atoms with Crippen LogP contribution in [0.2, 0.25) is 0 Å². The van der Waals surface area contributed by atoms with E-state index in [0.29, 0.717) is 47.3 Å². The minimum Gasteiger partial charge on any atom is -0.489 e. The second-order valence-corrected chi connectivity index (χ2v) is 12.1. The molecule has 0 spiro atoms. The number of fused-ring (bicyclic) bond motifs is 1. The van der Waals surface area contributed by atoms with Crippen LogP contribution in [-0.4, -0.2) is 15.8 Å². The number of nitrogens with one attached hydrogen (secondary N) is 2. The Morgan fingerprint density at radius 3 is 2.27 bits per heavy atom. The van der Waals surface area contributed by atoms with Gasteiger partial charge in [-0.2, -0.15) is 0 Å². The van der Waals surface area contributed by atoms with Crippen molar-refractivity contribution in [2.24, 2.45) is 5.41 Å². The molecule has 202 valence electrons. The second-order valence-electron chi connectivity index (χ2n) is 11.1. The highest BCUT2D eigenvalue weighted by atomic mass is 32.2. The average Bonchev–Trinajstić information content (AvgIpc) is 2.94. The lowest BCUT2D eigenvalue weighted by Gasteiger charge is -2.38. The lowest BCUT2D eigenvalue weighted by Crippen LogP contribution is -2.37. The Bertz CT molecular complexity index is 1630. The Hall–Kier alpha value is -4.10. The highest BCUT2D eigenvalue weighted by Crippen LogP contribution is 2.47. The van der Waals surface area contributed by atoms with E-state index in [9.17, 15) is 9.59 Å². The molecule has 0 radical (unpaired) electrons. The number of Topliss-reactive ketones (excluding diaryl/α,β-unsaturated/α-hetero) is 1. The number of carbonyl (C=O) groups excluding carboxylic acids is 1. The summed E-state index contributed by atoms with van der Waals surface area (Å²) in [5.74, 6) is 1.52. The fraction of sp³-hybridized carbons (Fsp3) is 0.242. The Kier molecular flexibility index (Phi) is 7.07. The fourth-order valence-corrected chi connectivity index (χ4v) is 6.33. The van der Waals surface area contributed by atoms with E-state index in [-0.39, 0.29) is 16.8 Å². The van der Waals surface area contributed by atoms with Crippen LogP contribution in [0.4, 0.5) is 5.82 Å². The summed E-state index contributed by atoms with van der Waals surface area (Å²) < 4.78 is 5.99. The number of aromatic nitrogens is 2. The molecule has 6 rings (SSSR count). The largest absolute Gasteiger partial charge is 0.489 e. The van der Waals surface area contributed by atoms with Gasteiger partial charge in [0.05, 0.1) is 5.56 Å². The van der Waals surface area contributed by atoms with Gasteiger partial charge in [-0.1, -0.05) is 98.4 Å². The third-order valence-electron chi connectivity index (χ3n) is 7.38. The quantitative estimate of drug-likeness (QED) is 0.194. The third-order valence-corrected chi connectivity index (χ3v) is 8.32.